The smallest absolute Gasteiger partial charge is 0.248 e. The fraction of sp³-hybridized carbons (Fsp3) is 0.333. The third-order valence-electron chi connectivity index (χ3n) is 3.30. The third kappa shape index (κ3) is 3.75. The Hall–Kier alpha value is -2.50. The van der Waals surface area contributed by atoms with Gasteiger partial charge in [0.25, 0.3) is 0 Å². The average molecular weight is 287 g/mol. The quantitative estimate of drug-likeness (QED) is 0.556. The van der Waals surface area contributed by atoms with Gasteiger partial charge in [0, 0.05) is 24.3 Å². The maximum Gasteiger partial charge on any atom is 0.248 e. The molecular formula is C15H21N5O. The van der Waals surface area contributed by atoms with Crippen LogP contribution in [-0.4, -0.2) is 22.2 Å². The molecule has 2 aromatic rings. The first kappa shape index (κ1) is 14.9. The van der Waals surface area contributed by atoms with Crippen LogP contribution in [0.3, 0.4) is 0 Å². The van der Waals surface area contributed by atoms with Crippen molar-refractivity contribution in [1.29, 1.82) is 0 Å². The molecule has 0 saturated carbocycles. The highest BCUT2D eigenvalue weighted by molar-refractivity contribution is 5.94. The van der Waals surface area contributed by atoms with Crippen LogP contribution in [0.15, 0.2) is 24.3 Å². The number of rotatable bonds is 6. The summed E-state index contributed by atoms with van der Waals surface area (Å²) in [4.78, 5) is 11.1. The van der Waals surface area contributed by atoms with E-state index in [-0.39, 0.29) is 0 Å². The normalized spacial score (nSPS) is 10.6. The van der Waals surface area contributed by atoms with Crippen LogP contribution in [0.4, 0.5) is 11.4 Å². The molecule has 5 N–H and O–H groups in total. The molecule has 0 spiro atoms. The summed E-state index contributed by atoms with van der Waals surface area (Å²) in [5, 5.41) is 7.67. The van der Waals surface area contributed by atoms with E-state index in [1.54, 1.807) is 18.2 Å². The van der Waals surface area contributed by atoms with Gasteiger partial charge < -0.3 is 16.8 Å². The highest BCUT2D eigenvalue weighted by Gasteiger charge is 2.05. The predicted octanol–water partition coefficient (Wildman–Crippen LogP) is 1.68. The van der Waals surface area contributed by atoms with Crippen LogP contribution in [0, 0.1) is 13.8 Å². The molecule has 1 aromatic heterocycles. The van der Waals surface area contributed by atoms with E-state index in [1.807, 2.05) is 18.5 Å². The molecule has 0 radical (unpaired) electrons. The summed E-state index contributed by atoms with van der Waals surface area (Å²) >= 11 is 0. The van der Waals surface area contributed by atoms with Crippen LogP contribution in [0.2, 0.25) is 0 Å². The summed E-state index contributed by atoms with van der Waals surface area (Å²) < 4.78 is 2.00. The number of hydrogen-bond donors (Lipinski definition) is 3. The molecule has 1 amide bonds. The summed E-state index contributed by atoms with van der Waals surface area (Å²) in [6.07, 6.45) is 0.930. The Balaban J connectivity index is 1.86. The number of carbonyl (C=O) groups is 1. The minimum atomic E-state index is -0.474. The van der Waals surface area contributed by atoms with Crippen LogP contribution in [0.1, 0.15) is 28.2 Å². The van der Waals surface area contributed by atoms with Gasteiger partial charge in [0.15, 0.2) is 0 Å². The molecule has 1 aromatic carbocycles. The monoisotopic (exact) mass is 287 g/mol. The van der Waals surface area contributed by atoms with Gasteiger partial charge in [0.05, 0.1) is 17.1 Å². The first-order valence-corrected chi connectivity index (χ1v) is 6.91. The van der Waals surface area contributed by atoms with Gasteiger partial charge in [-0.3, -0.25) is 9.48 Å². The Morgan fingerprint density at radius 2 is 2.10 bits per heavy atom. The van der Waals surface area contributed by atoms with Crippen molar-refractivity contribution in [3.8, 4) is 0 Å². The molecule has 0 atom stereocenters. The fourth-order valence-electron chi connectivity index (χ4n) is 2.23. The summed E-state index contributed by atoms with van der Waals surface area (Å²) in [5.41, 5.74) is 15.1. The molecule has 2 rings (SSSR count). The first-order chi connectivity index (χ1) is 9.97. The number of amides is 1. The second-order valence-corrected chi connectivity index (χ2v) is 5.10. The van der Waals surface area contributed by atoms with E-state index < -0.39 is 5.91 Å². The maximum atomic E-state index is 11.1. The number of carbonyl (C=O) groups excluding carboxylic acids is 1. The Morgan fingerprint density at radius 3 is 2.67 bits per heavy atom. The van der Waals surface area contributed by atoms with Crippen LogP contribution in [0.25, 0.3) is 0 Å². The zero-order valence-corrected chi connectivity index (χ0v) is 12.4. The van der Waals surface area contributed by atoms with Gasteiger partial charge >= 0.3 is 0 Å². The number of aryl methyl sites for hydroxylation is 3. The van der Waals surface area contributed by atoms with E-state index >= 15 is 0 Å². The molecule has 6 heteroatoms. The minimum Gasteiger partial charge on any atom is -0.397 e. The van der Waals surface area contributed by atoms with Crippen molar-refractivity contribution in [3.63, 3.8) is 0 Å². The average Bonchev–Trinajstić information content (AvgIpc) is 2.74. The molecule has 0 unspecified atom stereocenters. The Bertz CT molecular complexity index is 648. The van der Waals surface area contributed by atoms with Crippen LogP contribution >= 0.6 is 0 Å². The molecule has 0 aliphatic heterocycles. The summed E-state index contributed by atoms with van der Waals surface area (Å²) in [7, 11) is 0. The number of nitrogens with one attached hydrogen (secondary N) is 1. The van der Waals surface area contributed by atoms with E-state index in [2.05, 4.69) is 16.5 Å². The van der Waals surface area contributed by atoms with E-state index in [0.717, 1.165) is 36.6 Å². The molecule has 0 saturated heterocycles. The number of anilines is 2. The van der Waals surface area contributed by atoms with E-state index in [9.17, 15) is 4.79 Å². The maximum absolute atomic E-state index is 11.1. The Morgan fingerprint density at radius 1 is 1.33 bits per heavy atom. The second-order valence-electron chi connectivity index (χ2n) is 5.10. The SMILES string of the molecule is Cc1cc(C)n(CCCNc2ccc(C(N)=O)cc2N)n1. The van der Waals surface area contributed by atoms with Crippen LogP contribution in [0.5, 0.6) is 0 Å². The zero-order valence-electron chi connectivity index (χ0n) is 12.4. The van der Waals surface area contributed by atoms with Crippen molar-refractivity contribution in [2.45, 2.75) is 26.8 Å². The van der Waals surface area contributed by atoms with Crippen LogP contribution < -0.4 is 16.8 Å². The molecule has 0 aliphatic carbocycles. The van der Waals surface area contributed by atoms with Crippen molar-refractivity contribution < 1.29 is 4.79 Å². The first-order valence-electron chi connectivity index (χ1n) is 6.91. The molecule has 0 fully saturated rings. The Labute approximate surface area is 124 Å². The number of nitrogens with two attached hydrogens (primary N) is 2. The second kappa shape index (κ2) is 6.30. The standard InChI is InChI=1S/C15H21N5O/c1-10-8-11(2)20(19-10)7-3-6-18-14-5-4-12(15(17)21)9-13(14)16/h4-5,8-9,18H,3,6-7,16H2,1-2H3,(H2,17,21). The lowest BCUT2D eigenvalue weighted by Gasteiger charge is -2.10. The molecule has 0 bridgehead atoms. The molecule has 21 heavy (non-hydrogen) atoms. The number of hydrogen-bond acceptors (Lipinski definition) is 4. The van der Waals surface area contributed by atoms with E-state index in [4.69, 9.17) is 11.5 Å². The van der Waals surface area contributed by atoms with Gasteiger partial charge in [-0.25, -0.2) is 0 Å². The lowest BCUT2D eigenvalue weighted by Crippen LogP contribution is -2.13. The van der Waals surface area contributed by atoms with Crippen LogP contribution in [-0.2, 0) is 6.54 Å². The highest BCUT2D eigenvalue weighted by Crippen LogP contribution is 2.19. The van der Waals surface area contributed by atoms with Crippen molar-refractivity contribution in [1.82, 2.24) is 9.78 Å². The van der Waals surface area contributed by atoms with Gasteiger partial charge in [-0.2, -0.15) is 5.10 Å². The largest absolute Gasteiger partial charge is 0.397 e. The zero-order chi connectivity index (χ0) is 15.4. The van der Waals surface area contributed by atoms with Gasteiger partial charge in [-0.1, -0.05) is 0 Å². The predicted molar refractivity (Wildman–Crippen MR) is 84.2 cm³/mol. The van der Waals surface area contributed by atoms with Gasteiger partial charge in [0.1, 0.15) is 0 Å². The van der Waals surface area contributed by atoms with E-state index in [0.29, 0.717) is 11.3 Å². The number of aromatic nitrogens is 2. The number of nitrogens with zero attached hydrogens (tertiary/aromatic N) is 2. The van der Waals surface area contributed by atoms with Gasteiger partial charge in [0.2, 0.25) is 5.91 Å². The molecule has 1 heterocycles. The summed E-state index contributed by atoms with van der Waals surface area (Å²) in [6.45, 7) is 5.67. The fourth-order valence-corrected chi connectivity index (χ4v) is 2.23. The molecule has 0 aliphatic rings. The lowest BCUT2D eigenvalue weighted by atomic mass is 10.1. The number of benzene rings is 1. The van der Waals surface area contributed by atoms with Crippen molar-refractivity contribution in [3.05, 3.63) is 41.2 Å². The molecular weight excluding hydrogens is 266 g/mol. The van der Waals surface area contributed by atoms with Gasteiger partial charge in [-0.05, 0) is 44.5 Å². The van der Waals surface area contributed by atoms with Gasteiger partial charge in [-0.15, -0.1) is 0 Å². The Kier molecular flexibility index (Phi) is 4.47. The van der Waals surface area contributed by atoms with E-state index in [1.165, 1.54) is 0 Å². The number of primary amides is 1. The highest BCUT2D eigenvalue weighted by atomic mass is 16.1. The third-order valence-corrected chi connectivity index (χ3v) is 3.30. The topological polar surface area (TPSA) is 99.0 Å². The minimum absolute atomic E-state index is 0.417. The van der Waals surface area contributed by atoms with Crippen molar-refractivity contribution in [2.75, 3.05) is 17.6 Å². The molecule has 112 valence electrons. The van der Waals surface area contributed by atoms with Crippen molar-refractivity contribution >= 4 is 17.3 Å². The summed E-state index contributed by atoms with van der Waals surface area (Å²) in [5.74, 6) is -0.474. The lowest BCUT2D eigenvalue weighted by molar-refractivity contribution is 0.100. The summed E-state index contributed by atoms with van der Waals surface area (Å²) in [6, 6.07) is 7.10. The number of nitrogen functional groups attached to an aromatic ring is 1. The molecule has 6 nitrogen and oxygen atoms in total. The van der Waals surface area contributed by atoms with Crippen molar-refractivity contribution in [2.24, 2.45) is 5.73 Å².